The molecule has 5 nitrogen and oxygen atoms in total. The lowest BCUT2D eigenvalue weighted by Crippen LogP contribution is -2.48. The van der Waals surface area contributed by atoms with E-state index in [4.69, 9.17) is 5.73 Å². The largest absolute Gasteiger partial charge is 0.346 e. The van der Waals surface area contributed by atoms with Gasteiger partial charge in [-0.25, -0.2) is 0 Å². The van der Waals surface area contributed by atoms with Crippen LogP contribution in [0.4, 0.5) is 0 Å². The van der Waals surface area contributed by atoms with E-state index in [1.54, 1.807) is 0 Å². The van der Waals surface area contributed by atoms with Crippen LogP contribution < -0.4 is 11.1 Å². The van der Waals surface area contributed by atoms with Gasteiger partial charge in [-0.05, 0) is 37.2 Å². The Balaban J connectivity index is 0.00000312. The normalized spacial score (nSPS) is 17.9. The van der Waals surface area contributed by atoms with Crippen LogP contribution in [-0.4, -0.2) is 41.9 Å². The maximum atomic E-state index is 12.4. The Hall–Kier alpha value is -1.59. The predicted molar refractivity (Wildman–Crippen MR) is 103 cm³/mol. The zero-order valence-electron chi connectivity index (χ0n) is 15.1. The molecule has 6 heteroatoms. The second-order valence-corrected chi connectivity index (χ2v) is 6.90. The predicted octanol–water partition coefficient (Wildman–Crippen LogP) is 2.13. The van der Waals surface area contributed by atoms with Gasteiger partial charge in [0.05, 0.1) is 12.6 Å². The van der Waals surface area contributed by atoms with Crippen molar-refractivity contribution in [3.8, 4) is 0 Å². The number of likely N-dealkylation sites (tertiary alicyclic amines) is 1. The number of nitrogens with zero attached hydrogens (tertiary/aromatic N) is 1. The van der Waals surface area contributed by atoms with Gasteiger partial charge in [-0.15, -0.1) is 12.4 Å². The van der Waals surface area contributed by atoms with E-state index in [9.17, 15) is 9.59 Å². The smallest absolute Gasteiger partial charge is 0.242 e. The molecule has 1 aliphatic rings. The lowest BCUT2D eigenvalue weighted by atomic mass is 10.0. The van der Waals surface area contributed by atoms with E-state index >= 15 is 0 Å². The summed E-state index contributed by atoms with van der Waals surface area (Å²) in [6.07, 6.45) is 4.01. The molecule has 0 aliphatic carbocycles. The van der Waals surface area contributed by atoms with Crippen LogP contribution in [-0.2, 0) is 16.0 Å². The highest BCUT2D eigenvalue weighted by Gasteiger charge is 2.28. The summed E-state index contributed by atoms with van der Waals surface area (Å²) in [6, 6.07) is 10.0. The summed E-state index contributed by atoms with van der Waals surface area (Å²) in [5, 5.41) is 2.68. The molecule has 3 N–H and O–H groups in total. The zero-order valence-corrected chi connectivity index (χ0v) is 15.9. The van der Waals surface area contributed by atoms with Crippen molar-refractivity contribution in [3.63, 3.8) is 0 Å². The fourth-order valence-electron chi connectivity index (χ4n) is 3.13. The third kappa shape index (κ3) is 6.33. The molecule has 0 aromatic heterocycles. The topological polar surface area (TPSA) is 75.4 Å². The minimum absolute atomic E-state index is 0. The van der Waals surface area contributed by atoms with Crippen LogP contribution in [0.5, 0.6) is 0 Å². The maximum absolute atomic E-state index is 12.4. The fourth-order valence-corrected chi connectivity index (χ4v) is 3.13. The molecule has 1 aromatic rings. The molecule has 2 rings (SSSR count). The number of amides is 2. The quantitative estimate of drug-likeness (QED) is 0.775. The second-order valence-electron chi connectivity index (χ2n) is 6.90. The Kier molecular flexibility index (Phi) is 8.93. The molecule has 0 spiro atoms. The third-order valence-corrected chi connectivity index (χ3v) is 4.74. The minimum Gasteiger partial charge on any atom is -0.346 e. The first-order valence-electron chi connectivity index (χ1n) is 8.85. The molecule has 1 fully saturated rings. The number of benzene rings is 1. The number of aryl methyl sites for hydroxylation is 1. The zero-order chi connectivity index (χ0) is 17.5. The van der Waals surface area contributed by atoms with Gasteiger partial charge in [0.1, 0.15) is 0 Å². The number of nitrogens with one attached hydrogen (secondary N) is 1. The fraction of sp³-hybridized carbons (Fsp3) is 0.579. The van der Waals surface area contributed by atoms with Crippen molar-refractivity contribution in [3.05, 3.63) is 35.9 Å². The Morgan fingerprint density at radius 2 is 1.96 bits per heavy atom. The molecule has 0 bridgehead atoms. The number of carbonyl (C=O) groups excluding carboxylic acids is 2. The molecule has 2 atom stereocenters. The van der Waals surface area contributed by atoms with Crippen LogP contribution in [0.3, 0.4) is 0 Å². The molecule has 0 saturated carbocycles. The van der Waals surface area contributed by atoms with Gasteiger partial charge in [-0.1, -0.05) is 44.2 Å². The first kappa shape index (κ1) is 21.5. The maximum Gasteiger partial charge on any atom is 0.242 e. The summed E-state index contributed by atoms with van der Waals surface area (Å²) >= 11 is 0. The van der Waals surface area contributed by atoms with Gasteiger partial charge < -0.3 is 16.0 Å². The van der Waals surface area contributed by atoms with E-state index in [-0.39, 0.29) is 42.7 Å². The van der Waals surface area contributed by atoms with Gasteiger partial charge >= 0.3 is 0 Å². The van der Waals surface area contributed by atoms with Gasteiger partial charge in [0.2, 0.25) is 11.8 Å². The van der Waals surface area contributed by atoms with Gasteiger partial charge in [-0.2, -0.15) is 0 Å². The highest BCUT2D eigenvalue weighted by atomic mass is 35.5. The summed E-state index contributed by atoms with van der Waals surface area (Å²) in [5.74, 6) is -0.196. The second kappa shape index (κ2) is 10.4. The number of rotatable bonds is 7. The molecule has 1 unspecified atom stereocenters. The van der Waals surface area contributed by atoms with E-state index in [0.717, 1.165) is 32.2 Å². The monoisotopic (exact) mass is 367 g/mol. The van der Waals surface area contributed by atoms with Crippen molar-refractivity contribution >= 4 is 24.2 Å². The van der Waals surface area contributed by atoms with E-state index < -0.39 is 6.04 Å². The summed E-state index contributed by atoms with van der Waals surface area (Å²) in [4.78, 5) is 26.2. The number of hydrogen-bond acceptors (Lipinski definition) is 3. The summed E-state index contributed by atoms with van der Waals surface area (Å²) in [5.41, 5.74) is 7.10. The van der Waals surface area contributed by atoms with Gasteiger partial charge in [-0.3, -0.25) is 9.59 Å². The Labute approximate surface area is 156 Å². The molecule has 25 heavy (non-hydrogen) atoms. The van der Waals surface area contributed by atoms with E-state index in [1.807, 2.05) is 36.9 Å². The number of nitrogens with two attached hydrogens (primary N) is 1. The number of hydrogen-bond donors (Lipinski definition) is 2. The van der Waals surface area contributed by atoms with Crippen molar-refractivity contribution in [2.75, 3.05) is 13.1 Å². The van der Waals surface area contributed by atoms with E-state index in [2.05, 4.69) is 17.4 Å². The first-order valence-corrected chi connectivity index (χ1v) is 8.85. The van der Waals surface area contributed by atoms with Crippen molar-refractivity contribution in [2.24, 2.45) is 11.7 Å². The van der Waals surface area contributed by atoms with Crippen LogP contribution in [0, 0.1) is 5.92 Å². The van der Waals surface area contributed by atoms with Crippen LogP contribution >= 0.6 is 12.4 Å². The average Bonchev–Trinajstić information content (AvgIpc) is 3.06. The minimum atomic E-state index is -0.565. The SMILES string of the molecule is CC(C)[C@H](N)C(=O)NCC(=O)N1CCCC1CCc1ccccc1.Cl. The molecule has 0 radical (unpaired) electrons. The molecule has 1 heterocycles. The van der Waals surface area contributed by atoms with Crippen molar-refractivity contribution in [1.29, 1.82) is 0 Å². The number of carbonyl (C=O) groups is 2. The third-order valence-electron chi connectivity index (χ3n) is 4.74. The molecule has 1 saturated heterocycles. The van der Waals surface area contributed by atoms with Crippen LogP contribution in [0.25, 0.3) is 0 Å². The molecular formula is C19H30ClN3O2. The number of halogens is 1. The molecule has 1 aliphatic heterocycles. The Bertz CT molecular complexity index is 551. The Morgan fingerprint density at radius 3 is 2.60 bits per heavy atom. The average molecular weight is 368 g/mol. The van der Waals surface area contributed by atoms with Crippen LogP contribution in [0.15, 0.2) is 30.3 Å². The highest BCUT2D eigenvalue weighted by molar-refractivity contribution is 5.87. The van der Waals surface area contributed by atoms with E-state index in [1.165, 1.54) is 5.56 Å². The highest BCUT2D eigenvalue weighted by Crippen LogP contribution is 2.21. The lowest BCUT2D eigenvalue weighted by Gasteiger charge is -2.25. The van der Waals surface area contributed by atoms with Gasteiger partial charge in [0.25, 0.3) is 0 Å². The van der Waals surface area contributed by atoms with E-state index in [0.29, 0.717) is 0 Å². The van der Waals surface area contributed by atoms with Crippen LogP contribution in [0.2, 0.25) is 0 Å². The van der Waals surface area contributed by atoms with Gasteiger partial charge in [0, 0.05) is 12.6 Å². The standard InChI is InChI=1S/C19H29N3O2.ClH/c1-14(2)18(20)19(24)21-13-17(23)22-12-6-9-16(22)11-10-15-7-4-3-5-8-15;/h3-5,7-8,14,16,18H,6,9-13,20H2,1-2H3,(H,21,24);1H/t16?,18-;/m0./s1. The summed E-state index contributed by atoms with van der Waals surface area (Å²) in [7, 11) is 0. The Morgan fingerprint density at radius 1 is 1.28 bits per heavy atom. The van der Waals surface area contributed by atoms with Crippen molar-refractivity contribution < 1.29 is 9.59 Å². The molecular weight excluding hydrogens is 338 g/mol. The lowest BCUT2D eigenvalue weighted by molar-refractivity contribution is -0.134. The molecule has 2 amide bonds. The van der Waals surface area contributed by atoms with Crippen LogP contribution in [0.1, 0.15) is 38.7 Å². The van der Waals surface area contributed by atoms with Crippen molar-refractivity contribution in [2.45, 2.75) is 51.6 Å². The summed E-state index contributed by atoms with van der Waals surface area (Å²) in [6.45, 7) is 4.61. The van der Waals surface area contributed by atoms with Crippen molar-refractivity contribution in [1.82, 2.24) is 10.2 Å². The first-order chi connectivity index (χ1) is 11.5. The summed E-state index contributed by atoms with van der Waals surface area (Å²) < 4.78 is 0. The molecule has 1 aromatic carbocycles. The molecule has 140 valence electrons. The van der Waals surface area contributed by atoms with Gasteiger partial charge in [0.15, 0.2) is 0 Å².